The molecule has 1 aromatic heterocycles. The van der Waals surface area contributed by atoms with Crippen molar-refractivity contribution >= 4 is 23.4 Å². The number of hydrogen-bond acceptors (Lipinski definition) is 3. The van der Waals surface area contributed by atoms with Crippen LogP contribution >= 0.6 is 11.6 Å². The highest BCUT2D eigenvalue weighted by atomic mass is 35.5. The van der Waals surface area contributed by atoms with Gasteiger partial charge in [-0.3, -0.25) is 14.6 Å². The van der Waals surface area contributed by atoms with Crippen molar-refractivity contribution in [2.45, 2.75) is 44.4 Å². The maximum Gasteiger partial charge on any atom is 0.417 e. The van der Waals surface area contributed by atoms with Gasteiger partial charge >= 0.3 is 6.18 Å². The molecule has 0 saturated heterocycles. The van der Waals surface area contributed by atoms with Crippen LogP contribution in [0.5, 0.6) is 0 Å². The van der Waals surface area contributed by atoms with Crippen LogP contribution in [-0.2, 0) is 6.18 Å². The number of aromatic nitrogens is 1. The number of fused-ring (bicyclic) bond motifs is 1. The quantitative estimate of drug-likeness (QED) is 0.648. The molecule has 32 heavy (non-hydrogen) atoms. The molecule has 170 valence electrons. The van der Waals surface area contributed by atoms with Crippen molar-refractivity contribution in [3.05, 3.63) is 64.4 Å². The van der Waals surface area contributed by atoms with Crippen molar-refractivity contribution in [1.29, 1.82) is 0 Å². The van der Waals surface area contributed by atoms with E-state index >= 15 is 0 Å². The number of nitrogens with zero attached hydrogens (tertiary/aromatic N) is 1. The fourth-order valence-electron chi connectivity index (χ4n) is 5.02. The molecule has 0 aliphatic heterocycles. The molecule has 0 radical (unpaired) electrons. The third kappa shape index (κ3) is 4.60. The highest BCUT2D eigenvalue weighted by Gasteiger charge is 2.58. The number of carbonyl (C=O) groups excluding carboxylic acids is 2. The van der Waals surface area contributed by atoms with Crippen molar-refractivity contribution < 1.29 is 22.8 Å². The highest BCUT2D eigenvalue weighted by molar-refractivity contribution is 6.30. The van der Waals surface area contributed by atoms with E-state index in [4.69, 9.17) is 11.6 Å². The van der Waals surface area contributed by atoms with Crippen LogP contribution in [0.15, 0.2) is 42.7 Å². The number of pyridine rings is 1. The summed E-state index contributed by atoms with van der Waals surface area (Å²) in [5.41, 5.74) is -0.901. The molecule has 3 unspecified atom stereocenters. The third-order valence-electron chi connectivity index (χ3n) is 6.54. The molecule has 2 saturated carbocycles. The predicted octanol–water partition coefficient (Wildman–Crippen LogP) is 4.72. The first-order valence-corrected chi connectivity index (χ1v) is 10.9. The first-order valence-electron chi connectivity index (χ1n) is 10.6. The Morgan fingerprint density at radius 3 is 2.38 bits per heavy atom. The first-order chi connectivity index (χ1) is 15.2. The van der Waals surface area contributed by atoms with Gasteiger partial charge in [0.15, 0.2) is 0 Å². The Bertz CT molecular complexity index is 1000. The number of carbonyl (C=O) groups is 2. The number of alkyl halides is 3. The summed E-state index contributed by atoms with van der Waals surface area (Å²) in [6.07, 6.45) is -0.478. The summed E-state index contributed by atoms with van der Waals surface area (Å²) in [5, 5.41) is 6.40. The zero-order chi connectivity index (χ0) is 23.0. The van der Waals surface area contributed by atoms with Gasteiger partial charge in [-0.25, -0.2) is 0 Å². The van der Waals surface area contributed by atoms with Crippen LogP contribution in [-0.4, -0.2) is 28.9 Å². The molecule has 9 heteroatoms. The zero-order valence-corrected chi connectivity index (χ0v) is 18.1. The lowest BCUT2D eigenvalue weighted by molar-refractivity contribution is -0.138. The molecule has 0 spiro atoms. The topological polar surface area (TPSA) is 71.1 Å². The minimum Gasteiger partial charge on any atom is -0.349 e. The smallest absolute Gasteiger partial charge is 0.349 e. The van der Waals surface area contributed by atoms with Gasteiger partial charge in [-0.1, -0.05) is 18.5 Å². The molecule has 2 amide bonds. The van der Waals surface area contributed by atoms with Crippen molar-refractivity contribution in [2.75, 3.05) is 0 Å². The maximum atomic E-state index is 13.2. The Kier molecular flexibility index (Phi) is 6.16. The number of amides is 2. The van der Waals surface area contributed by atoms with Gasteiger partial charge in [0.2, 0.25) is 0 Å². The van der Waals surface area contributed by atoms with Crippen molar-refractivity contribution in [2.24, 2.45) is 17.8 Å². The van der Waals surface area contributed by atoms with E-state index in [1.54, 1.807) is 24.3 Å². The molecular weight excluding hydrogens is 443 g/mol. The van der Waals surface area contributed by atoms with Crippen LogP contribution < -0.4 is 10.6 Å². The van der Waals surface area contributed by atoms with Crippen LogP contribution in [0.4, 0.5) is 13.2 Å². The lowest BCUT2D eigenvalue weighted by Gasteiger charge is -2.22. The largest absolute Gasteiger partial charge is 0.417 e. The average Bonchev–Trinajstić information content (AvgIpc) is 3.25. The Labute approximate surface area is 188 Å². The van der Waals surface area contributed by atoms with E-state index in [-0.39, 0.29) is 18.0 Å². The van der Waals surface area contributed by atoms with Gasteiger partial charge in [-0.15, -0.1) is 0 Å². The Morgan fingerprint density at radius 2 is 1.78 bits per heavy atom. The fourth-order valence-corrected chi connectivity index (χ4v) is 5.14. The highest BCUT2D eigenvalue weighted by Crippen LogP contribution is 2.59. The summed E-state index contributed by atoms with van der Waals surface area (Å²) < 4.78 is 39.5. The molecule has 0 bridgehead atoms. The predicted molar refractivity (Wildman–Crippen MR) is 113 cm³/mol. The van der Waals surface area contributed by atoms with E-state index in [9.17, 15) is 22.8 Å². The maximum absolute atomic E-state index is 13.2. The van der Waals surface area contributed by atoms with Crippen LogP contribution in [0.2, 0.25) is 5.02 Å². The van der Waals surface area contributed by atoms with Gasteiger partial charge in [0.25, 0.3) is 11.8 Å². The molecule has 1 heterocycles. The normalized spacial score (nSPS) is 25.0. The summed E-state index contributed by atoms with van der Waals surface area (Å²) in [6.45, 7) is 2.02. The standard InChI is InChI=1S/C23H23ClF3N3O2/c1-2-19(30-21(31)12-3-5-13(24)6-4-12)20-15-9-14(10-16(15)20)29-22(32)17-11-28-8-7-18(17)23(25,26)27/h3-8,11,14-16,19-20H,2,9-10H2,1H3,(H,29,32)(H,30,31). The Hall–Kier alpha value is -2.61. The first kappa shape index (κ1) is 22.6. The van der Waals surface area contributed by atoms with E-state index in [0.29, 0.717) is 41.2 Å². The van der Waals surface area contributed by atoms with Crippen molar-refractivity contribution in [3.63, 3.8) is 0 Å². The number of halogens is 4. The summed E-state index contributed by atoms with van der Waals surface area (Å²) in [6, 6.07) is 7.34. The number of nitrogens with one attached hydrogen (secondary N) is 2. The second kappa shape index (κ2) is 8.73. The van der Waals surface area contributed by atoms with Crippen LogP contribution in [0.1, 0.15) is 52.5 Å². The average molecular weight is 466 g/mol. The van der Waals surface area contributed by atoms with Crippen LogP contribution in [0.25, 0.3) is 0 Å². The van der Waals surface area contributed by atoms with E-state index < -0.39 is 23.2 Å². The molecule has 2 aliphatic rings. The molecular formula is C23H23ClF3N3O2. The minimum absolute atomic E-state index is 0.0139. The van der Waals surface area contributed by atoms with Gasteiger partial charge in [-0.05, 0) is 67.3 Å². The summed E-state index contributed by atoms with van der Waals surface area (Å²) in [4.78, 5) is 28.7. The number of hydrogen-bond donors (Lipinski definition) is 2. The molecule has 2 aliphatic carbocycles. The Morgan fingerprint density at radius 1 is 1.12 bits per heavy atom. The summed E-state index contributed by atoms with van der Waals surface area (Å²) in [7, 11) is 0. The van der Waals surface area contributed by atoms with E-state index in [2.05, 4.69) is 15.6 Å². The molecule has 4 rings (SSSR count). The number of benzene rings is 1. The summed E-state index contributed by atoms with van der Waals surface area (Å²) in [5.74, 6) is 0.0861. The molecule has 2 aromatic rings. The van der Waals surface area contributed by atoms with Gasteiger partial charge in [0, 0.05) is 35.1 Å². The molecule has 2 fully saturated rings. The zero-order valence-electron chi connectivity index (χ0n) is 17.3. The molecule has 3 atom stereocenters. The van der Waals surface area contributed by atoms with Crippen molar-refractivity contribution in [3.8, 4) is 0 Å². The SMILES string of the molecule is CCC(NC(=O)c1ccc(Cl)cc1)C1C2CC(NC(=O)c3cnccc3C(F)(F)F)CC21. The van der Waals surface area contributed by atoms with E-state index in [1.165, 1.54) is 0 Å². The molecule has 5 nitrogen and oxygen atoms in total. The number of rotatable bonds is 6. The van der Waals surface area contributed by atoms with Crippen LogP contribution in [0.3, 0.4) is 0 Å². The van der Waals surface area contributed by atoms with Crippen LogP contribution in [0, 0.1) is 17.8 Å². The fraction of sp³-hybridized carbons (Fsp3) is 0.435. The van der Waals surface area contributed by atoms with Gasteiger partial charge in [-0.2, -0.15) is 13.2 Å². The third-order valence-corrected chi connectivity index (χ3v) is 6.80. The van der Waals surface area contributed by atoms with Crippen molar-refractivity contribution in [1.82, 2.24) is 15.6 Å². The second-order valence-corrected chi connectivity index (χ2v) is 8.90. The van der Waals surface area contributed by atoms with Gasteiger partial charge in [0.1, 0.15) is 0 Å². The molecule has 2 N–H and O–H groups in total. The van der Waals surface area contributed by atoms with E-state index in [0.717, 1.165) is 24.9 Å². The molecule has 1 aromatic carbocycles. The second-order valence-electron chi connectivity index (χ2n) is 8.46. The van der Waals surface area contributed by atoms with E-state index in [1.807, 2.05) is 6.92 Å². The Balaban J connectivity index is 1.33. The van der Waals surface area contributed by atoms with Gasteiger partial charge in [0.05, 0.1) is 11.1 Å². The lowest BCUT2D eigenvalue weighted by Crippen LogP contribution is -2.39. The van der Waals surface area contributed by atoms with Gasteiger partial charge < -0.3 is 10.6 Å². The lowest BCUT2D eigenvalue weighted by atomic mass is 9.98. The summed E-state index contributed by atoms with van der Waals surface area (Å²) >= 11 is 5.87. The minimum atomic E-state index is -4.62. The monoisotopic (exact) mass is 465 g/mol.